The van der Waals surface area contributed by atoms with E-state index in [1.165, 1.54) is 41.6 Å². The van der Waals surface area contributed by atoms with Crippen molar-refractivity contribution in [1.82, 2.24) is 14.5 Å². The lowest BCUT2D eigenvalue weighted by Gasteiger charge is -2.27. The van der Waals surface area contributed by atoms with Crippen LogP contribution in [0.15, 0.2) is 54.9 Å². The highest BCUT2D eigenvalue weighted by atomic mass is 19.1. The Bertz CT molecular complexity index is 1260. The molecule has 0 aliphatic rings. The van der Waals surface area contributed by atoms with Crippen LogP contribution in [0, 0.1) is 12.7 Å². The van der Waals surface area contributed by atoms with Crippen LogP contribution in [0.3, 0.4) is 0 Å². The molecule has 36 heavy (non-hydrogen) atoms. The maximum Gasteiger partial charge on any atom is 0.417 e. The maximum absolute atomic E-state index is 13.8. The minimum absolute atomic E-state index is 0.0704. The molecule has 9 nitrogen and oxygen atoms in total. The zero-order valence-corrected chi connectivity index (χ0v) is 20.7. The molecule has 190 valence electrons. The highest BCUT2D eigenvalue weighted by Crippen LogP contribution is 2.27. The van der Waals surface area contributed by atoms with Crippen molar-refractivity contribution in [3.8, 4) is 5.75 Å². The molecule has 1 unspecified atom stereocenters. The second kappa shape index (κ2) is 10.6. The first-order valence-corrected chi connectivity index (χ1v) is 11.1. The lowest BCUT2D eigenvalue weighted by molar-refractivity contribution is 0.0292. The molecule has 0 fully saturated rings. The van der Waals surface area contributed by atoms with Gasteiger partial charge in [-0.1, -0.05) is 18.2 Å². The fraction of sp³-hybridized carbons (Fsp3) is 0.308. The number of esters is 1. The van der Waals surface area contributed by atoms with Crippen LogP contribution in [0.2, 0.25) is 0 Å². The Morgan fingerprint density at radius 1 is 1.14 bits per heavy atom. The van der Waals surface area contributed by atoms with Gasteiger partial charge in [0.05, 0.1) is 11.5 Å². The Balaban J connectivity index is 1.85. The maximum atomic E-state index is 13.8. The van der Waals surface area contributed by atoms with Gasteiger partial charge in [0.2, 0.25) is 0 Å². The molecule has 0 saturated carbocycles. The number of likely N-dealkylation sites (N-methyl/N-ethyl adjacent to an activating group) is 1. The Labute approximate surface area is 208 Å². The van der Waals surface area contributed by atoms with Gasteiger partial charge in [-0.2, -0.15) is 0 Å². The van der Waals surface area contributed by atoms with Gasteiger partial charge in [0.1, 0.15) is 23.0 Å². The number of nitrogens with zero attached hydrogens (tertiary/aromatic N) is 3. The summed E-state index contributed by atoms with van der Waals surface area (Å²) in [6.07, 6.45) is 0.885. The van der Waals surface area contributed by atoms with Crippen molar-refractivity contribution in [2.45, 2.75) is 39.2 Å². The van der Waals surface area contributed by atoms with E-state index in [0.29, 0.717) is 11.1 Å². The van der Waals surface area contributed by atoms with Crippen LogP contribution < -0.4 is 4.74 Å². The molecule has 0 aliphatic carbocycles. The van der Waals surface area contributed by atoms with Crippen molar-refractivity contribution in [2.24, 2.45) is 0 Å². The van der Waals surface area contributed by atoms with Gasteiger partial charge in [0.15, 0.2) is 0 Å². The third kappa shape index (κ3) is 6.47. The standard InChI is InChI=1S/C26H28FN3O6/c1-16-6-7-18(14-21(16)27)23(31)35-19-10-8-17(9-11-19)20(22-28-12-13-30(22)24(32)33)15-29(5)25(34)36-26(2,3)4/h6-14,20H,15H2,1-5H3,(H,32,33). The zero-order valence-electron chi connectivity index (χ0n) is 20.7. The number of benzene rings is 2. The second-order valence-electron chi connectivity index (χ2n) is 9.27. The van der Waals surface area contributed by atoms with E-state index in [1.54, 1.807) is 46.9 Å². The van der Waals surface area contributed by atoms with Crippen LogP contribution in [-0.4, -0.2) is 56.9 Å². The number of aromatic nitrogens is 2. The summed E-state index contributed by atoms with van der Waals surface area (Å²) in [5, 5.41) is 9.57. The largest absolute Gasteiger partial charge is 0.464 e. The summed E-state index contributed by atoms with van der Waals surface area (Å²) in [6, 6.07) is 10.4. The molecule has 2 aromatic carbocycles. The van der Waals surface area contributed by atoms with Crippen molar-refractivity contribution < 1.29 is 33.4 Å². The SMILES string of the molecule is Cc1ccc(C(=O)Oc2ccc(C(CN(C)C(=O)OC(C)(C)C)c3nccn3C(=O)O)cc2)cc1F. The Morgan fingerprint density at radius 2 is 1.81 bits per heavy atom. The minimum atomic E-state index is -1.22. The van der Waals surface area contributed by atoms with Crippen LogP contribution in [0.5, 0.6) is 5.75 Å². The van der Waals surface area contributed by atoms with E-state index in [-0.39, 0.29) is 23.7 Å². The summed E-state index contributed by atoms with van der Waals surface area (Å²) >= 11 is 0. The summed E-state index contributed by atoms with van der Waals surface area (Å²) in [7, 11) is 1.55. The van der Waals surface area contributed by atoms with Crippen LogP contribution in [0.4, 0.5) is 14.0 Å². The quantitative estimate of drug-likeness (QED) is 0.374. The van der Waals surface area contributed by atoms with Gasteiger partial charge in [-0.3, -0.25) is 0 Å². The molecular weight excluding hydrogens is 469 g/mol. The van der Waals surface area contributed by atoms with Gasteiger partial charge in [-0.15, -0.1) is 0 Å². The monoisotopic (exact) mass is 497 g/mol. The zero-order chi connectivity index (χ0) is 26.6. The van der Waals surface area contributed by atoms with E-state index < -0.39 is 35.5 Å². The van der Waals surface area contributed by atoms with Crippen LogP contribution in [0.25, 0.3) is 0 Å². The topological polar surface area (TPSA) is 111 Å². The van der Waals surface area contributed by atoms with E-state index in [9.17, 15) is 23.9 Å². The highest BCUT2D eigenvalue weighted by molar-refractivity contribution is 5.91. The van der Waals surface area contributed by atoms with Crippen molar-refractivity contribution in [2.75, 3.05) is 13.6 Å². The Kier molecular flexibility index (Phi) is 7.77. The molecule has 0 bridgehead atoms. The molecule has 0 saturated heterocycles. The average Bonchev–Trinajstić information content (AvgIpc) is 3.28. The van der Waals surface area contributed by atoms with Crippen LogP contribution in [-0.2, 0) is 4.74 Å². The van der Waals surface area contributed by atoms with Gasteiger partial charge >= 0.3 is 18.2 Å². The first kappa shape index (κ1) is 26.4. The van der Waals surface area contributed by atoms with Gasteiger partial charge in [0, 0.05) is 26.0 Å². The number of rotatable bonds is 6. The minimum Gasteiger partial charge on any atom is -0.464 e. The number of carboxylic acid groups (broad SMARTS) is 1. The van der Waals surface area contributed by atoms with E-state index >= 15 is 0 Å². The fourth-order valence-electron chi connectivity index (χ4n) is 3.41. The summed E-state index contributed by atoms with van der Waals surface area (Å²) in [5.41, 5.74) is 0.410. The molecule has 3 aromatic rings. The number of amides is 1. The number of carbonyl (C=O) groups is 3. The Hall–Kier alpha value is -4.21. The van der Waals surface area contributed by atoms with Crippen molar-refractivity contribution >= 4 is 18.2 Å². The lowest BCUT2D eigenvalue weighted by atomic mass is 9.97. The number of hydrogen-bond donors (Lipinski definition) is 1. The number of ether oxygens (including phenoxy) is 2. The molecular formula is C26H28FN3O6. The first-order chi connectivity index (χ1) is 16.9. The highest BCUT2D eigenvalue weighted by Gasteiger charge is 2.27. The third-order valence-electron chi connectivity index (χ3n) is 5.25. The molecule has 10 heteroatoms. The molecule has 1 aromatic heterocycles. The summed E-state index contributed by atoms with van der Waals surface area (Å²) in [6.45, 7) is 6.91. The van der Waals surface area contributed by atoms with Crippen LogP contribution >= 0.6 is 0 Å². The first-order valence-electron chi connectivity index (χ1n) is 11.1. The number of halogens is 1. The molecule has 0 radical (unpaired) electrons. The smallest absolute Gasteiger partial charge is 0.417 e. The molecule has 1 atom stereocenters. The molecule has 1 N–H and O–H groups in total. The number of hydrogen-bond acceptors (Lipinski definition) is 6. The summed E-state index contributed by atoms with van der Waals surface area (Å²) < 4.78 is 25.5. The number of aryl methyl sites for hydroxylation is 1. The molecule has 1 heterocycles. The summed E-state index contributed by atoms with van der Waals surface area (Å²) in [4.78, 5) is 42.2. The van der Waals surface area contributed by atoms with E-state index in [4.69, 9.17) is 9.47 Å². The predicted octanol–water partition coefficient (Wildman–Crippen LogP) is 5.07. The summed E-state index contributed by atoms with van der Waals surface area (Å²) in [5.74, 6) is -1.44. The van der Waals surface area contributed by atoms with Gasteiger partial charge in [-0.05, 0) is 63.1 Å². The normalized spacial score (nSPS) is 12.1. The van der Waals surface area contributed by atoms with E-state index in [1.807, 2.05) is 0 Å². The molecule has 1 amide bonds. The predicted molar refractivity (Wildman–Crippen MR) is 129 cm³/mol. The van der Waals surface area contributed by atoms with Gasteiger partial charge < -0.3 is 19.5 Å². The fourth-order valence-corrected chi connectivity index (χ4v) is 3.41. The van der Waals surface area contributed by atoms with Crippen molar-refractivity contribution in [3.63, 3.8) is 0 Å². The Morgan fingerprint density at radius 3 is 2.39 bits per heavy atom. The number of carbonyl (C=O) groups excluding carboxylic acids is 2. The second-order valence-corrected chi connectivity index (χ2v) is 9.27. The van der Waals surface area contributed by atoms with E-state index in [0.717, 1.165) is 10.6 Å². The lowest BCUT2D eigenvalue weighted by Crippen LogP contribution is -2.37. The molecule has 0 aliphatic heterocycles. The van der Waals surface area contributed by atoms with Crippen molar-refractivity contribution in [3.05, 3.63) is 83.2 Å². The van der Waals surface area contributed by atoms with E-state index in [2.05, 4.69) is 4.98 Å². The molecule has 0 spiro atoms. The van der Waals surface area contributed by atoms with Crippen LogP contribution in [0.1, 0.15) is 54.0 Å². The van der Waals surface area contributed by atoms with Gasteiger partial charge in [0.25, 0.3) is 0 Å². The molecule has 3 rings (SSSR count). The average molecular weight is 498 g/mol. The third-order valence-corrected chi connectivity index (χ3v) is 5.25. The van der Waals surface area contributed by atoms with Gasteiger partial charge in [-0.25, -0.2) is 28.3 Å². The van der Waals surface area contributed by atoms with Crippen molar-refractivity contribution in [1.29, 1.82) is 0 Å². The number of imidazole rings is 1.